The Kier molecular flexibility index (Phi) is 8.08. The topological polar surface area (TPSA) is 84.7 Å². The summed E-state index contributed by atoms with van der Waals surface area (Å²) in [5.41, 5.74) is 7.72. The summed E-state index contributed by atoms with van der Waals surface area (Å²) in [4.78, 5) is 27.8. The third-order valence-electron chi connectivity index (χ3n) is 4.79. The maximum absolute atomic E-state index is 13.3. The van der Waals surface area contributed by atoms with Crippen molar-refractivity contribution < 1.29 is 26.9 Å². The number of carbonyl (C=O) groups is 2. The van der Waals surface area contributed by atoms with Gasteiger partial charge in [-0.25, -0.2) is 9.18 Å². The molecule has 180 valence electrons. The zero-order valence-electron chi connectivity index (χ0n) is 23.8. The summed E-state index contributed by atoms with van der Waals surface area (Å²) in [6, 6.07) is 7.92. The third kappa shape index (κ3) is 8.84. The van der Waals surface area contributed by atoms with Crippen LogP contribution in [0.1, 0.15) is 26.2 Å². The number of hydrogen-bond donors (Lipinski definition) is 2. The van der Waals surface area contributed by atoms with Crippen LogP contribution in [-0.4, -0.2) is 55.3 Å². The second-order valence-electron chi connectivity index (χ2n) is 7.11. The van der Waals surface area contributed by atoms with Gasteiger partial charge in [-0.3, -0.25) is 4.79 Å². The monoisotopic (exact) mass is 503 g/mol. The molecule has 1 amide bonds. The zero-order valence-corrected chi connectivity index (χ0v) is 19.3. The van der Waals surface area contributed by atoms with Gasteiger partial charge in [0.2, 0.25) is 5.91 Å². The molecular formula is C24H30Cl2FN3O3. The highest BCUT2D eigenvalue weighted by atomic mass is 35.5. The van der Waals surface area contributed by atoms with Crippen molar-refractivity contribution in [2.24, 2.45) is 5.73 Å². The van der Waals surface area contributed by atoms with Crippen molar-refractivity contribution in [1.29, 1.82) is 0 Å². The molecule has 0 aliphatic carbocycles. The van der Waals surface area contributed by atoms with E-state index >= 15 is 0 Å². The predicted molar refractivity (Wildman–Crippen MR) is 130 cm³/mol. The lowest BCUT2D eigenvalue weighted by atomic mass is 10.0. The molecule has 2 atom stereocenters. The van der Waals surface area contributed by atoms with E-state index in [0.717, 1.165) is 17.8 Å². The third-order valence-corrected chi connectivity index (χ3v) is 5.13. The van der Waals surface area contributed by atoms with Crippen molar-refractivity contribution in [2.45, 2.75) is 31.8 Å². The van der Waals surface area contributed by atoms with Gasteiger partial charge in [0.05, 0.1) is 16.7 Å². The van der Waals surface area contributed by atoms with Crippen LogP contribution in [0.5, 0.6) is 0 Å². The Labute approximate surface area is 212 Å². The number of nitrogens with two attached hydrogens (primary N) is 1. The van der Waals surface area contributed by atoms with Gasteiger partial charge in [-0.2, -0.15) is 0 Å². The Bertz CT molecular complexity index is 1100. The number of carbonyl (C=O) groups excluding carboxylic acids is 2. The molecule has 0 bridgehead atoms. The molecule has 0 heterocycles. The fraction of sp³-hybridized carbons (Fsp3) is 0.417. The molecule has 0 fully saturated rings. The fourth-order valence-corrected chi connectivity index (χ4v) is 3.53. The smallest absolute Gasteiger partial charge is 0.328 e. The number of amides is 1. The molecular weight excluding hydrogens is 468 g/mol. The van der Waals surface area contributed by atoms with E-state index in [1.165, 1.54) is 12.1 Å². The molecule has 9 heteroatoms. The van der Waals surface area contributed by atoms with Gasteiger partial charge in [0.15, 0.2) is 0 Å². The molecule has 6 nitrogen and oxygen atoms in total. The van der Waals surface area contributed by atoms with E-state index in [-0.39, 0.29) is 12.8 Å². The Morgan fingerprint density at radius 2 is 1.70 bits per heavy atom. The maximum atomic E-state index is 13.3. The molecule has 2 rings (SSSR count). The number of esters is 1. The van der Waals surface area contributed by atoms with E-state index in [4.69, 9.17) is 37.2 Å². The minimum Gasteiger partial charge on any atom is -0.464 e. The van der Waals surface area contributed by atoms with Gasteiger partial charge in [0.25, 0.3) is 0 Å². The van der Waals surface area contributed by atoms with Gasteiger partial charge >= 0.3 is 5.97 Å². The lowest BCUT2D eigenvalue weighted by Gasteiger charge is -2.23. The van der Waals surface area contributed by atoms with Gasteiger partial charge < -0.3 is 20.7 Å². The summed E-state index contributed by atoms with van der Waals surface area (Å²) in [7, 11) is 0. The van der Waals surface area contributed by atoms with E-state index < -0.39 is 43.2 Å². The maximum Gasteiger partial charge on any atom is 0.328 e. The molecule has 3 N–H and O–H groups in total. The van der Waals surface area contributed by atoms with Gasteiger partial charge in [0, 0.05) is 41.1 Å². The zero-order chi connectivity index (χ0) is 29.4. The number of nitrogens with zero attached hydrogens (tertiary/aromatic N) is 1. The molecule has 2 aromatic rings. The first-order chi connectivity index (χ1) is 18.1. The van der Waals surface area contributed by atoms with Crippen LogP contribution >= 0.6 is 23.2 Å². The van der Waals surface area contributed by atoms with E-state index in [1.807, 2.05) is 4.90 Å². The van der Waals surface area contributed by atoms with Crippen LogP contribution in [0.15, 0.2) is 48.5 Å². The number of nitrogens with one attached hydrogen (secondary N) is 1. The Hall–Kier alpha value is -2.35. The summed E-state index contributed by atoms with van der Waals surface area (Å²) >= 11 is 11.7. The fourth-order valence-electron chi connectivity index (χ4n) is 3.12. The standard InChI is InChI=1S/C24H30Cl2FN3O3/c1-2-33-24(32)22(16-18-3-7-19(27)8-4-18)29-23(31)21(28)15-17-5-9-20(10-6-17)30(13-11-25)14-12-26/h3-10,21-22H,2,11-16,28H2,1H3,(H,29,31)/i1D3,2D2,21D. The molecule has 0 aliphatic heterocycles. The highest BCUT2D eigenvalue weighted by Gasteiger charge is 2.25. The molecule has 0 saturated heterocycles. The quantitative estimate of drug-likeness (QED) is 0.323. The van der Waals surface area contributed by atoms with Crippen molar-refractivity contribution >= 4 is 40.8 Å². The predicted octanol–water partition coefficient (Wildman–Crippen LogP) is 3.27. The summed E-state index contributed by atoms with van der Waals surface area (Å²) in [5.74, 6) is -2.24. The van der Waals surface area contributed by atoms with Crippen LogP contribution < -0.4 is 16.0 Å². The number of hydrogen-bond acceptors (Lipinski definition) is 5. The largest absolute Gasteiger partial charge is 0.464 e. The van der Waals surface area contributed by atoms with Crippen molar-refractivity contribution in [3.05, 3.63) is 65.5 Å². The summed E-state index contributed by atoms with van der Waals surface area (Å²) < 4.78 is 63.3. The Morgan fingerprint density at radius 3 is 2.27 bits per heavy atom. The lowest BCUT2D eigenvalue weighted by molar-refractivity contribution is -0.147. The van der Waals surface area contributed by atoms with Crippen molar-refractivity contribution in [1.82, 2.24) is 5.32 Å². The van der Waals surface area contributed by atoms with Gasteiger partial charge in [0.1, 0.15) is 11.9 Å². The summed E-state index contributed by atoms with van der Waals surface area (Å²) in [6.45, 7) is -5.50. The normalized spacial score (nSPS) is 17.1. The van der Waals surface area contributed by atoms with E-state index in [1.54, 1.807) is 24.3 Å². The molecule has 0 radical (unpaired) electrons. The number of benzene rings is 2. The molecule has 2 aromatic carbocycles. The number of rotatable bonds is 13. The van der Waals surface area contributed by atoms with Gasteiger partial charge in [-0.05, 0) is 48.7 Å². The van der Waals surface area contributed by atoms with Crippen molar-refractivity contribution in [3.8, 4) is 0 Å². The minimum absolute atomic E-state index is 0.251. The van der Waals surface area contributed by atoms with Gasteiger partial charge in [-0.15, -0.1) is 23.2 Å². The van der Waals surface area contributed by atoms with Crippen LogP contribution in [0.3, 0.4) is 0 Å². The first-order valence-electron chi connectivity index (χ1n) is 13.1. The van der Waals surface area contributed by atoms with Crippen LogP contribution in [0.4, 0.5) is 10.1 Å². The molecule has 0 aromatic heterocycles. The first-order valence-corrected chi connectivity index (χ1v) is 11.2. The second-order valence-corrected chi connectivity index (χ2v) is 7.87. The van der Waals surface area contributed by atoms with Gasteiger partial charge in [-0.1, -0.05) is 24.3 Å². The number of anilines is 1. The molecule has 2 unspecified atom stereocenters. The molecule has 0 spiro atoms. The molecule has 0 aliphatic rings. The first kappa shape index (κ1) is 19.0. The minimum atomic E-state index is -3.35. The van der Waals surface area contributed by atoms with Crippen LogP contribution in [0.2, 0.25) is 0 Å². The number of alkyl halides is 2. The van der Waals surface area contributed by atoms with E-state index in [0.29, 0.717) is 36.0 Å². The Morgan fingerprint density at radius 1 is 1.12 bits per heavy atom. The summed E-state index contributed by atoms with van der Waals surface area (Å²) in [6.07, 6.45) is -0.553. The SMILES string of the molecule is [2H]C(N)(Cc1ccc(N(CCCl)CCCl)cc1)C(=O)NC(Cc1ccc(F)cc1)C(=O)OC([2H])([2H])C([2H])([2H])[2H]. The number of halogens is 3. The number of ether oxygens (including phenoxy) is 1. The van der Waals surface area contributed by atoms with Crippen LogP contribution in [0, 0.1) is 5.82 Å². The second kappa shape index (κ2) is 14.0. The van der Waals surface area contributed by atoms with E-state index in [9.17, 15) is 14.0 Å². The van der Waals surface area contributed by atoms with E-state index in [2.05, 4.69) is 10.1 Å². The van der Waals surface area contributed by atoms with Crippen molar-refractivity contribution in [2.75, 3.05) is 36.3 Å². The van der Waals surface area contributed by atoms with Crippen LogP contribution in [0.25, 0.3) is 0 Å². The highest BCUT2D eigenvalue weighted by Crippen LogP contribution is 2.16. The van der Waals surface area contributed by atoms with Crippen molar-refractivity contribution in [3.63, 3.8) is 0 Å². The van der Waals surface area contributed by atoms with Crippen LogP contribution in [-0.2, 0) is 27.2 Å². The lowest BCUT2D eigenvalue weighted by Crippen LogP contribution is -2.50. The molecule has 33 heavy (non-hydrogen) atoms. The average Bonchev–Trinajstić information content (AvgIpc) is 2.84. The summed E-state index contributed by atoms with van der Waals surface area (Å²) in [5, 5.41) is 2.27. The molecule has 0 saturated carbocycles. The Balaban J connectivity index is 2.21. The highest BCUT2D eigenvalue weighted by molar-refractivity contribution is 6.18. The average molecular weight is 504 g/mol.